The third kappa shape index (κ3) is 4.77. The quantitative estimate of drug-likeness (QED) is 0.591. The number of hydrogen-bond donors (Lipinski definition) is 0. The van der Waals surface area contributed by atoms with Crippen LogP contribution in [0.15, 0.2) is 40.8 Å². The first-order valence-corrected chi connectivity index (χ1v) is 10.2. The van der Waals surface area contributed by atoms with E-state index in [4.69, 9.17) is 25.5 Å². The van der Waals surface area contributed by atoms with Crippen LogP contribution in [0.1, 0.15) is 31.9 Å². The molecule has 6 heteroatoms. The predicted molar refractivity (Wildman–Crippen MR) is 109 cm³/mol. The average molecular weight is 406 g/mol. The number of carbonyl (C=O) groups is 1. The van der Waals surface area contributed by atoms with Crippen LogP contribution < -0.4 is 0 Å². The molecule has 1 aliphatic rings. The van der Waals surface area contributed by atoms with Crippen molar-refractivity contribution < 1.29 is 18.7 Å². The molecule has 0 aliphatic carbocycles. The van der Waals surface area contributed by atoms with Crippen LogP contribution in [0.5, 0.6) is 0 Å². The fraction of sp³-hybridized carbons (Fsp3) is 0.500. The molecule has 0 unspecified atom stereocenters. The lowest BCUT2D eigenvalue weighted by atomic mass is 9.75. The lowest BCUT2D eigenvalue weighted by Gasteiger charge is -2.39. The Bertz CT molecular complexity index is 780. The number of esters is 1. The lowest BCUT2D eigenvalue weighted by molar-refractivity contribution is -0.160. The molecule has 0 atom stereocenters. The van der Waals surface area contributed by atoms with Gasteiger partial charge in [0.05, 0.1) is 23.6 Å². The van der Waals surface area contributed by atoms with Gasteiger partial charge >= 0.3 is 5.97 Å². The van der Waals surface area contributed by atoms with Crippen molar-refractivity contribution in [2.75, 3.05) is 33.4 Å². The summed E-state index contributed by atoms with van der Waals surface area (Å²) in [6.45, 7) is 5.19. The van der Waals surface area contributed by atoms with Crippen molar-refractivity contribution in [3.05, 3.63) is 47.2 Å². The maximum Gasteiger partial charge on any atom is 0.312 e. The Morgan fingerprint density at radius 2 is 1.96 bits per heavy atom. The molecule has 152 valence electrons. The van der Waals surface area contributed by atoms with E-state index in [0.717, 1.165) is 43.0 Å². The Morgan fingerprint density at radius 1 is 1.21 bits per heavy atom. The Balaban J connectivity index is 1.62. The highest BCUT2D eigenvalue weighted by atomic mass is 35.5. The van der Waals surface area contributed by atoms with Gasteiger partial charge in [0.2, 0.25) is 0 Å². The number of methoxy groups -OCH3 is 1. The number of carbonyl (C=O) groups excluding carboxylic acids is 1. The molecule has 0 spiro atoms. The second kappa shape index (κ2) is 9.59. The SMILES string of the molecule is CCOC(=O)C1(CCOC)CCN(Cc2ccc(-c3ccccc3Cl)o2)CC1. The summed E-state index contributed by atoms with van der Waals surface area (Å²) in [6, 6.07) is 11.6. The second-order valence-electron chi connectivity index (χ2n) is 7.27. The minimum absolute atomic E-state index is 0.0919. The third-order valence-electron chi connectivity index (χ3n) is 5.49. The summed E-state index contributed by atoms with van der Waals surface area (Å²) in [5.74, 6) is 1.58. The number of rotatable bonds is 8. The van der Waals surface area contributed by atoms with E-state index in [2.05, 4.69) is 4.90 Å². The number of hydrogen-bond acceptors (Lipinski definition) is 5. The summed E-state index contributed by atoms with van der Waals surface area (Å²) in [7, 11) is 1.67. The molecule has 3 rings (SSSR count). The van der Waals surface area contributed by atoms with E-state index in [-0.39, 0.29) is 5.97 Å². The van der Waals surface area contributed by atoms with Crippen molar-refractivity contribution in [2.45, 2.75) is 32.7 Å². The maximum atomic E-state index is 12.6. The largest absolute Gasteiger partial charge is 0.466 e. The topological polar surface area (TPSA) is 51.9 Å². The van der Waals surface area contributed by atoms with E-state index < -0.39 is 5.41 Å². The van der Waals surface area contributed by atoms with Gasteiger partial charge < -0.3 is 13.9 Å². The van der Waals surface area contributed by atoms with Crippen molar-refractivity contribution in [1.29, 1.82) is 0 Å². The Morgan fingerprint density at radius 3 is 2.64 bits per heavy atom. The number of benzene rings is 1. The fourth-order valence-electron chi connectivity index (χ4n) is 3.77. The average Bonchev–Trinajstić information content (AvgIpc) is 3.16. The number of ether oxygens (including phenoxy) is 2. The van der Waals surface area contributed by atoms with Gasteiger partial charge in [-0.05, 0) is 63.5 Å². The molecule has 1 fully saturated rings. The molecule has 1 aromatic carbocycles. The standard InChI is InChI=1S/C22H28ClNO4/c1-3-27-21(25)22(12-15-26-2)10-13-24(14-11-22)16-17-8-9-20(28-17)18-6-4-5-7-19(18)23/h4-9H,3,10-16H2,1-2H3. The van der Waals surface area contributed by atoms with Crippen LogP contribution in [0.3, 0.4) is 0 Å². The minimum Gasteiger partial charge on any atom is -0.466 e. The fourth-order valence-corrected chi connectivity index (χ4v) is 3.99. The lowest BCUT2D eigenvalue weighted by Crippen LogP contribution is -2.45. The molecule has 5 nitrogen and oxygen atoms in total. The molecule has 0 saturated carbocycles. The molecule has 1 saturated heterocycles. The smallest absolute Gasteiger partial charge is 0.312 e. The van der Waals surface area contributed by atoms with Gasteiger partial charge in [0, 0.05) is 19.3 Å². The minimum atomic E-state index is -0.436. The highest BCUT2D eigenvalue weighted by Crippen LogP contribution is 2.37. The summed E-state index contributed by atoms with van der Waals surface area (Å²) in [5.41, 5.74) is 0.462. The maximum absolute atomic E-state index is 12.6. The highest BCUT2D eigenvalue weighted by molar-refractivity contribution is 6.33. The molecule has 0 N–H and O–H groups in total. The summed E-state index contributed by atoms with van der Waals surface area (Å²) < 4.78 is 16.6. The first-order chi connectivity index (χ1) is 13.6. The predicted octanol–water partition coefficient (Wildman–Crippen LogP) is 4.78. The third-order valence-corrected chi connectivity index (χ3v) is 5.82. The van der Waals surface area contributed by atoms with Crippen LogP contribution in [-0.4, -0.2) is 44.3 Å². The van der Waals surface area contributed by atoms with Crippen LogP contribution in [0.2, 0.25) is 5.02 Å². The van der Waals surface area contributed by atoms with Crippen LogP contribution in [0, 0.1) is 5.41 Å². The van der Waals surface area contributed by atoms with E-state index in [0.29, 0.717) is 31.2 Å². The molecule has 2 heterocycles. The number of likely N-dealkylation sites (tertiary alicyclic amines) is 1. The van der Waals surface area contributed by atoms with Gasteiger partial charge in [0.15, 0.2) is 0 Å². The zero-order chi connectivity index (χ0) is 20.0. The van der Waals surface area contributed by atoms with Gasteiger partial charge in [-0.2, -0.15) is 0 Å². The molecule has 0 amide bonds. The molecular formula is C22H28ClNO4. The summed E-state index contributed by atoms with van der Waals surface area (Å²) >= 11 is 6.26. The molecule has 2 aromatic rings. The van der Waals surface area contributed by atoms with E-state index in [1.165, 1.54) is 0 Å². The zero-order valence-corrected chi connectivity index (χ0v) is 17.3. The number of nitrogens with zero attached hydrogens (tertiary/aromatic N) is 1. The first kappa shape index (κ1) is 20.9. The summed E-state index contributed by atoms with van der Waals surface area (Å²) in [4.78, 5) is 14.9. The van der Waals surface area contributed by atoms with E-state index in [1.807, 2.05) is 43.3 Å². The van der Waals surface area contributed by atoms with Crippen LogP contribution in [-0.2, 0) is 20.8 Å². The number of piperidine rings is 1. The molecule has 1 aromatic heterocycles. The highest BCUT2D eigenvalue weighted by Gasteiger charge is 2.42. The van der Waals surface area contributed by atoms with Crippen LogP contribution in [0.25, 0.3) is 11.3 Å². The number of furan rings is 1. The zero-order valence-electron chi connectivity index (χ0n) is 16.6. The normalized spacial score (nSPS) is 16.8. The summed E-state index contributed by atoms with van der Waals surface area (Å²) in [5, 5.41) is 0.679. The summed E-state index contributed by atoms with van der Waals surface area (Å²) in [6.07, 6.45) is 2.24. The Hall–Kier alpha value is -1.82. The van der Waals surface area contributed by atoms with Crippen LogP contribution >= 0.6 is 11.6 Å². The monoisotopic (exact) mass is 405 g/mol. The van der Waals surface area contributed by atoms with Crippen molar-refractivity contribution in [3.63, 3.8) is 0 Å². The van der Waals surface area contributed by atoms with Crippen molar-refractivity contribution in [1.82, 2.24) is 4.90 Å². The molecular weight excluding hydrogens is 378 g/mol. The van der Waals surface area contributed by atoms with Crippen LogP contribution in [0.4, 0.5) is 0 Å². The molecule has 0 bridgehead atoms. The first-order valence-electron chi connectivity index (χ1n) is 9.80. The van der Waals surface area contributed by atoms with E-state index in [9.17, 15) is 4.79 Å². The Labute approximate surface area is 171 Å². The van der Waals surface area contributed by atoms with E-state index in [1.54, 1.807) is 7.11 Å². The van der Waals surface area contributed by atoms with Crippen molar-refractivity contribution >= 4 is 17.6 Å². The molecule has 1 aliphatic heterocycles. The molecule has 0 radical (unpaired) electrons. The van der Waals surface area contributed by atoms with Gasteiger partial charge in [-0.1, -0.05) is 23.7 Å². The Kier molecular flexibility index (Phi) is 7.16. The van der Waals surface area contributed by atoms with Gasteiger partial charge in [0.25, 0.3) is 0 Å². The molecule has 28 heavy (non-hydrogen) atoms. The van der Waals surface area contributed by atoms with Crippen molar-refractivity contribution in [2.24, 2.45) is 5.41 Å². The van der Waals surface area contributed by atoms with Gasteiger partial charge in [-0.3, -0.25) is 9.69 Å². The van der Waals surface area contributed by atoms with Gasteiger partial charge in [-0.25, -0.2) is 0 Å². The van der Waals surface area contributed by atoms with E-state index >= 15 is 0 Å². The second-order valence-corrected chi connectivity index (χ2v) is 7.67. The van der Waals surface area contributed by atoms with Crippen molar-refractivity contribution in [3.8, 4) is 11.3 Å². The van der Waals surface area contributed by atoms with Gasteiger partial charge in [-0.15, -0.1) is 0 Å². The number of halogens is 1. The van der Waals surface area contributed by atoms with Gasteiger partial charge in [0.1, 0.15) is 11.5 Å².